The van der Waals surface area contributed by atoms with Gasteiger partial charge in [-0.2, -0.15) is 0 Å². The van der Waals surface area contributed by atoms with Crippen LogP contribution < -0.4 is 5.32 Å². The molecule has 0 fully saturated rings. The Morgan fingerprint density at radius 3 is 2.91 bits per heavy atom. The number of hydrogen-bond donors (Lipinski definition) is 1. The standard InChI is InChI=1S/C18H19N3O2/c1-13-6-5-9-15(17(13)22)20-18(23)16-11-21(12-19-16)10-14-7-3-2-4-8-14/h2-8,11-13,15H,9-10H2,1H3,(H,20,23). The molecule has 5 nitrogen and oxygen atoms in total. The third-order valence-corrected chi connectivity index (χ3v) is 3.97. The molecule has 0 radical (unpaired) electrons. The highest BCUT2D eigenvalue weighted by Crippen LogP contribution is 2.14. The van der Waals surface area contributed by atoms with E-state index in [1.807, 2.05) is 54.0 Å². The summed E-state index contributed by atoms with van der Waals surface area (Å²) < 4.78 is 1.86. The van der Waals surface area contributed by atoms with E-state index in [-0.39, 0.29) is 17.6 Å². The van der Waals surface area contributed by atoms with Crippen molar-refractivity contribution in [2.75, 3.05) is 0 Å². The highest BCUT2D eigenvalue weighted by Gasteiger charge is 2.26. The molecule has 0 spiro atoms. The average molecular weight is 309 g/mol. The Morgan fingerprint density at radius 2 is 2.13 bits per heavy atom. The molecular formula is C18H19N3O2. The summed E-state index contributed by atoms with van der Waals surface area (Å²) in [5.41, 5.74) is 1.47. The summed E-state index contributed by atoms with van der Waals surface area (Å²) in [7, 11) is 0. The molecule has 2 aromatic rings. The molecule has 0 saturated heterocycles. The number of benzene rings is 1. The molecule has 0 saturated carbocycles. The molecular weight excluding hydrogens is 290 g/mol. The van der Waals surface area contributed by atoms with E-state index in [0.29, 0.717) is 18.7 Å². The minimum atomic E-state index is -0.457. The summed E-state index contributed by atoms with van der Waals surface area (Å²) in [6.45, 7) is 2.50. The molecule has 1 aliphatic rings. The average Bonchev–Trinajstić information content (AvgIpc) is 3.01. The lowest BCUT2D eigenvalue weighted by molar-refractivity contribution is -0.123. The third kappa shape index (κ3) is 3.56. The Labute approximate surface area is 135 Å². The fraction of sp³-hybridized carbons (Fsp3) is 0.278. The van der Waals surface area contributed by atoms with Gasteiger partial charge < -0.3 is 9.88 Å². The van der Waals surface area contributed by atoms with E-state index >= 15 is 0 Å². The van der Waals surface area contributed by atoms with Gasteiger partial charge in [-0.3, -0.25) is 9.59 Å². The first-order valence-corrected chi connectivity index (χ1v) is 7.70. The van der Waals surface area contributed by atoms with Gasteiger partial charge in [0.05, 0.1) is 12.4 Å². The summed E-state index contributed by atoms with van der Waals surface area (Å²) in [6.07, 6.45) is 7.69. The fourth-order valence-corrected chi connectivity index (χ4v) is 2.67. The van der Waals surface area contributed by atoms with Crippen LogP contribution in [0.3, 0.4) is 0 Å². The predicted octanol–water partition coefficient (Wildman–Crippen LogP) is 2.19. The van der Waals surface area contributed by atoms with E-state index in [1.54, 1.807) is 12.5 Å². The van der Waals surface area contributed by atoms with Crippen LogP contribution in [-0.4, -0.2) is 27.3 Å². The van der Waals surface area contributed by atoms with Crippen LogP contribution >= 0.6 is 0 Å². The predicted molar refractivity (Wildman–Crippen MR) is 87.0 cm³/mol. The monoisotopic (exact) mass is 309 g/mol. The van der Waals surface area contributed by atoms with Gasteiger partial charge in [0.15, 0.2) is 5.78 Å². The Bertz CT molecular complexity index is 734. The summed E-state index contributed by atoms with van der Waals surface area (Å²) in [4.78, 5) is 28.5. The van der Waals surface area contributed by atoms with Crippen molar-refractivity contribution in [2.45, 2.75) is 25.9 Å². The maximum Gasteiger partial charge on any atom is 0.272 e. The number of allylic oxidation sites excluding steroid dienone is 1. The quantitative estimate of drug-likeness (QED) is 0.881. The van der Waals surface area contributed by atoms with Crippen molar-refractivity contribution in [3.63, 3.8) is 0 Å². The third-order valence-electron chi connectivity index (χ3n) is 3.97. The summed E-state index contributed by atoms with van der Waals surface area (Å²) >= 11 is 0. The van der Waals surface area contributed by atoms with Crippen LogP contribution in [-0.2, 0) is 11.3 Å². The number of imidazole rings is 1. The summed E-state index contributed by atoms with van der Waals surface area (Å²) in [5, 5.41) is 2.78. The van der Waals surface area contributed by atoms with Crippen molar-refractivity contribution in [2.24, 2.45) is 5.92 Å². The zero-order valence-corrected chi connectivity index (χ0v) is 13.0. The summed E-state index contributed by atoms with van der Waals surface area (Å²) in [6, 6.07) is 9.50. The van der Waals surface area contributed by atoms with Crippen LogP contribution in [0.15, 0.2) is 55.0 Å². The Kier molecular flexibility index (Phi) is 4.37. The second kappa shape index (κ2) is 6.60. The van der Waals surface area contributed by atoms with E-state index in [9.17, 15) is 9.59 Å². The molecule has 1 N–H and O–H groups in total. The van der Waals surface area contributed by atoms with Gasteiger partial charge in [-0.25, -0.2) is 4.98 Å². The van der Waals surface area contributed by atoms with Gasteiger partial charge in [-0.1, -0.05) is 49.4 Å². The first-order valence-electron chi connectivity index (χ1n) is 7.70. The van der Waals surface area contributed by atoms with Gasteiger partial charge in [0.1, 0.15) is 5.69 Å². The molecule has 0 bridgehead atoms. The second-order valence-electron chi connectivity index (χ2n) is 5.80. The van der Waals surface area contributed by atoms with Crippen molar-refractivity contribution in [3.8, 4) is 0 Å². The Morgan fingerprint density at radius 1 is 1.35 bits per heavy atom. The van der Waals surface area contributed by atoms with E-state index in [0.717, 1.165) is 5.56 Å². The second-order valence-corrected chi connectivity index (χ2v) is 5.80. The number of ketones is 1. The molecule has 1 aromatic heterocycles. The number of hydrogen-bond acceptors (Lipinski definition) is 3. The van der Waals surface area contributed by atoms with Crippen LogP contribution in [0.4, 0.5) is 0 Å². The molecule has 118 valence electrons. The van der Waals surface area contributed by atoms with E-state index in [1.165, 1.54) is 0 Å². The SMILES string of the molecule is CC1C=CCC(NC(=O)c2cn(Cc3ccccc3)cn2)C1=O. The molecule has 23 heavy (non-hydrogen) atoms. The van der Waals surface area contributed by atoms with Gasteiger partial charge in [-0.15, -0.1) is 0 Å². The maximum atomic E-state index is 12.3. The Hall–Kier alpha value is -2.69. The van der Waals surface area contributed by atoms with E-state index < -0.39 is 6.04 Å². The van der Waals surface area contributed by atoms with Crippen molar-refractivity contribution in [1.82, 2.24) is 14.9 Å². The van der Waals surface area contributed by atoms with Gasteiger partial charge in [0.25, 0.3) is 5.91 Å². The number of amides is 1. The molecule has 1 amide bonds. The van der Waals surface area contributed by atoms with Gasteiger partial charge in [-0.05, 0) is 12.0 Å². The zero-order chi connectivity index (χ0) is 16.2. The first-order chi connectivity index (χ1) is 11.1. The molecule has 1 aliphatic carbocycles. The number of rotatable bonds is 4. The molecule has 3 rings (SSSR count). The topological polar surface area (TPSA) is 64.0 Å². The van der Waals surface area contributed by atoms with E-state index in [2.05, 4.69) is 10.3 Å². The number of aromatic nitrogens is 2. The lowest BCUT2D eigenvalue weighted by Gasteiger charge is -2.21. The lowest BCUT2D eigenvalue weighted by atomic mass is 9.91. The largest absolute Gasteiger partial charge is 0.341 e. The fourth-order valence-electron chi connectivity index (χ4n) is 2.67. The minimum Gasteiger partial charge on any atom is -0.341 e. The normalized spacial score (nSPS) is 20.5. The first kappa shape index (κ1) is 15.2. The van der Waals surface area contributed by atoms with Crippen molar-refractivity contribution in [3.05, 3.63) is 66.3 Å². The molecule has 2 unspecified atom stereocenters. The molecule has 2 atom stereocenters. The summed E-state index contributed by atoms with van der Waals surface area (Å²) in [5.74, 6) is -0.410. The minimum absolute atomic E-state index is 0.0459. The molecule has 0 aliphatic heterocycles. The number of carbonyl (C=O) groups excluding carboxylic acids is 2. The number of nitrogens with zero attached hydrogens (tertiary/aromatic N) is 2. The number of nitrogens with one attached hydrogen (secondary N) is 1. The highest BCUT2D eigenvalue weighted by molar-refractivity contribution is 5.97. The van der Waals surface area contributed by atoms with Crippen LogP contribution in [0.1, 0.15) is 29.4 Å². The van der Waals surface area contributed by atoms with Crippen LogP contribution in [0.2, 0.25) is 0 Å². The van der Waals surface area contributed by atoms with Crippen LogP contribution in [0, 0.1) is 5.92 Å². The molecule has 1 heterocycles. The van der Waals surface area contributed by atoms with Crippen LogP contribution in [0.5, 0.6) is 0 Å². The molecule has 1 aromatic carbocycles. The van der Waals surface area contributed by atoms with Crippen molar-refractivity contribution in [1.29, 1.82) is 0 Å². The van der Waals surface area contributed by atoms with Crippen molar-refractivity contribution < 1.29 is 9.59 Å². The van der Waals surface area contributed by atoms with Crippen LogP contribution in [0.25, 0.3) is 0 Å². The number of Topliss-reactive ketones (excluding diaryl/α,β-unsaturated/α-hetero) is 1. The van der Waals surface area contributed by atoms with E-state index in [4.69, 9.17) is 0 Å². The van der Waals surface area contributed by atoms with Gasteiger partial charge in [0, 0.05) is 18.7 Å². The number of carbonyl (C=O) groups is 2. The maximum absolute atomic E-state index is 12.3. The highest BCUT2D eigenvalue weighted by atomic mass is 16.2. The zero-order valence-electron chi connectivity index (χ0n) is 13.0. The smallest absolute Gasteiger partial charge is 0.272 e. The Balaban J connectivity index is 1.65. The molecule has 5 heteroatoms. The van der Waals surface area contributed by atoms with Crippen molar-refractivity contribution >= 4 is 11.7 Å². The van der Waals surface area contributed by atoms with Gasteiger partial charge >= 0.3 is 0 Å². The lowest BCUT2D eigenvalue weighted by Crippen LogP contribution is -2.44. The van der Waals surface area contributed by atoms with Gasteiger partial charge in [0.2, 0.25) is 0 Å².